The lowest BCUT2D eigenvalue weighted by Crippen LogP contribution is -2.36. The van der Waals surface area contributed by atoms with Crippen LogP contribution in [-0.4, -0.2) is 16.7 Å². The summed E-state index contributed by atoms with van der Waals surface area (Å²) < 4.78 is 10.9. The maximum Gasteiger partial charge on any atom is 0.253 e. The van der Waals surface area contributed by atoms with Crippen LogP contribution in [0.4, 0.5) is 0 Å². The molecule has 2 aromatic carbocycles. The Kier molecular flexibility index (Phi) is 7.27. The number of hydrogen-bond donors (Lipinski definition) is 1. The minimum Gasteiger partial charge on any atom is -0.467 e. The zero-order valence-electron chi connectivity index (χ0n) is 17.8. The number of hydrogen-bond acceptors (Lipinski definition) is 4. The van der Waals surface area contributed by atoms with Gasteiger partial charge < -0.3 is 19.1 Å². The highest BCUT2D eigenvalue weighted by atomic mass is 35.5. The summed E-state index contributed by atoms with van der Waals surface area (Å²) in [6.07, 6.45) is 3.20. The Labute approximate surface area is 196 Å². The van der Waals surface area contributed by atoms with E-state index in [1.807, 2.05) is 42.5 Å². The van der Waals surface area contributed by atoms with Crippen molar-refractivity contribution in [2.45, 2.75) is 25.6 Å². The molecule has 0 radical (unpaired) electrons. The third kappa shape index (κ3) is 5.93. The van der Waals surface area contributed by atoms with Gasteiger partial charge in [-0.25, -0.2) is 0 Å². The number of nitrogens with one attached hydrogen (secondary N) is 1. The topological polar surface area (TPSA) is 75.7 Å². The van der Waals surface area contributed by atoms with Crippen LogP contribution >= 0.6 is 11.6 Å². The molecule has 0 fully saturated rings. The summed E-state index contributed by atoms with van der Waals surface area (Å²) in [4.78, 5) is 28.0. The summed E-state index contributed by atoms with van der Waals surface area (Å²) in [6.45, 7) is 0.568. The summed E-state index contributed by atoms with van der Waals surface area (Å²) in [7, 11) is 0. The fourth-order valence-corrected chi connectivity index (χ4v) is 3.76. The van der Waals surface area contributed by atoms with Gasteiger partial charge in [0.2, 0.25) is 5.91 Å². The van der Waals surface area contributed by atoms with Crippen molar-refractivity contribution in [2.24, 2.45) is 0 Å². The number of halogens is 1. The molecule has 4 aromatic rings. The molecule has 1 unspecified atom stereocenters. The second kappa shape index (κ2) is 10.7. The average Bonchev–Trinajstić information content (AvgIpc) is 3.53. The summed E-state index contributed by atoms with van der Waals surface area (Å²) in [6, 6.07) is 22.9. The summed E-state index contributed by atoms with van der Waals surface area (Å²) in [5.74, 6) is 0.819. The highest BCUT2D eigenvalue weighted by Gasteiger charge is 2.24. The molecule has 0 aliphatic carbocycles. The minimum absolute atomic E-state index is 0.0572. The Morgan fingerprint density at radius 2 is 1.42 bits per heavy atom. The summed E-state index contributed by atoms with van der Waals surface area (Å²) >= 11 is 6.21. The monoisotopic (exact) mass is 462 g/mol. The van der Waals surface area contributed by atoms with E-state index in [-0.39, 0.29) is 31.3 Å². The normalized spacial score (nSPS) is 11.7. The first-order valence-corrected chi connectivity index (χ1v) is 10.9. The number of amides is 2. The van der Waals surface area contributed by atoms with Gasteiger partial charge in [-0.05, 0) is 42.0 Å². The van der Waals surface area contributed by atoms with Crippen molar-refractivity contribution in [3.8, 4) is 0 Å². The van der Waals surface area contributed by atoms with Crippen molar-refractivity contribution in [1.82, 2.24) is 10.2 Å². The van der Waals surface area contributed by atoms with E-state index in [1.54, 1.807) is 53.8 Å². The second-order valence-corrected chi connectivity index (χ2v) is 7.94. The Balaban J connectivity index is 1.56. The van der Waals surface area contributed by atoms with Crippen LogP contribution in [0.2, 0.25) is 5.02 Å². The van der Waals surface area contributed by atoms with E-state index in [2.05, 4.69) is 5.32 Å². The molecule has 0 aliphatic rings. The molecular weight excluding hydrogens is 440 g/mol. The Hall–Kier alpha value is -3.77. The van der Waals surface area contributed by atoms with E-state index in [9.17, 15) is 9.59 Å². The Bertz CT molecular complexity index is 1140. The molecule has 0 saturated heterocycles. The molecule has 2 amide bonds. The van der Waals surface area contributed by atoms with Gasteiger partial charge in [-0.1, -0.05) is 54.1 Å². The zero-order valence-corrected chi connectivity index (χ0v) is 18.6. The Morgan fingerprint density at radius 1 is 0.818 bits per heavy atom. The quantitative estimate of drug-likeness (QED) is 0.350. The number of furan rings is 2. The molecule has 0 spiro atoms. The van der Waals surface area contributed by atoms with Gasteiger partial charge in [0.25, 0.3) is 5.91 Å². The molecule has 168 valence electrons. The predicted octanol–water partition coefficient (Wildman–Crippen LogP) is 5.62. The van der Waals surface area contributed by atoms with Crippen molar-refractivity contribution >= 4 is 23.4 Å². The molecule has 7 heteroatoms. The van der Waals surface area contributed by atoms with E-state index < -0.39 is 6.04 Å². The summed E-state index contributed by atoms with van der Waals surface area (Å²) in [5.41, 5.74) is 1.18. The van der Waals surface area contributed by atoms with Gasteiger partial charge in [0.05, 0.1) is 48.7 Å². The number of carbonyl (C=O) groups excluding carboxylic acids is 2. The largest absolute Gasteiger partial charge is 0.467 e. The van der Waals surface area contributed by atoms with E-state index in [0.29, 0.717) is 22.1 Å². The van der Waals surface area contributed by atoms with Crippen molar-refractivity contribution in [1.29, 1.82) is 0 Å². The van der Waals surface area contributed by atoms with E-state index in [4.69, 9.17) is 20.4 Å². The van der Waals surface area contributed by atoms with E-state index in [1.165, 1.54) is 0 Å². The minimum atomic E-state index is -0.543. The first-order chi connectivity index (χ1) is 16.1. The van der Waals surface area contributed by atoms with Gasteiger partial charge in [0, 0.05) is 0 Å². The molecule has 33 heavy (non-hydrogen) atoms. The lowest BCUT2D eigenvalue weighted by molar-refractivity contribution is -0.133. The number of carbonyl (C=O) groups is 2. The fourth-order valence-electron chi connectivity index (χ4n) is 3.54. The molecule has 2 aromatic heterocycles. The maximum atomic E-state index is 13.4. The van der Waals surface area contributed by atoms with Gasteiger partial charge in [0.1, 0.15) is 11.5 Å². The van der Waals surface area contributed by atoms with Gasteiger partial charge in [-0.15, -0.1) is 0 Å². The van der Waals surface area contributed by atoms with Gasteiger partial charge in [-0.2, -0.15) is 0 Å². The third-order valence-electron chi connectivity index (χ3n) is 5.21. The molecule has 2 heterocycles. The molecule has 1 N–H and O–H groups in total. The van der Waals surface area contributed by atoms with Crippen molar-refractivity contribution in [2.75, 3.05) is 0 Å². The van der Waals surface area contributed by atoms with Crippen molar-refractivity contribution in [3.63, 3.8) is 0 Å². The van der Waals surface area contributed by atoms with Crippen LogP contribution < -0.4 is 5.32 Å². The first kappa shape index (κ1) is 22.4. The van der Waals surface area contributed by atoms with Gasteiger partial charge >= 0.3 is 0 Å². The highest BCUT2D eigenvalue weighted by molar-refractivity contribution is 6.33. The van der Waals surface area contributed by atoms with Gasteiger partial charge in [0.15, 0.2) is 0 Å². The smallest absolute Gasteiger partial charge is 0.253 e. The van der Waals surface area contributed by atoms with Crippen molar-refractivity contribution in [3.05, 3.63) is 119 Å². The van der Waals surface area contributed by atoms with Crippen LogP contribution in [0.1, 0.15) is 39.9 Å². The SMILES string of the molecule is O=C(NC(CC(=O)N(Cc1ccco1)Cc1ccco1)c1ccccc1)c1ccccc1Cl. The maximum absolute atomic E-state index is 13.4. The molecule has 6 nitrogen and oxygen atoms in total. The van der Waals surface area contributed by atoms with Crippen LogP contribution in [-0.2, 0) is 17.9 Å². The lowest BCUT2D eigenvalue weighted by Gasteiger charge is -2.25. The Morgan fingerprint density at radius 3 is 2.00 bits per heavy atom. The molecular formula is C26H23ClN2O4. The van der Waals surface area contributed by atoms with Crippen LogP contribution in [0.3, 0.4) is 0 Å². The van der Waals surface area contributed by atoms with Crippen LogP contribution in [0.5, 0.6) is 0 Å². The standard InChI is InChI=1S/C26H23ClN2O4/c27-23-13-5-4-12-22(23)26(31)28-24(19-8-2-1-3-9-19)16-25(30)29(17-20-10-6-14-32-20)18-21-11-7-15-33-21/h1-15,24H,16-18H2,(H,28,31). The van der Waals surface area contributed by atoms with Crippen molar-refractivity contribution < 1.29 is 18.4 Å². The number of nitrogens with zero attached hydrogens (tertiary/aromatic N) is 1. The molecule has 0 aliphatic heterocycles. The van der Waals surface area contributed by atoms with E-state index in [0.717, 1.165) is 5.56 Å². The molecule has 0 saturated carbocycles. The molecule has 4 rings (SSSR count). The molecule has 0 bridgehead atoms. The second-order valence-electron chi connectivity index (χ2n) is 7.53. The number of rotatable bonds is 9. The van der Waals surface area contributed by atoms with E-state index >= 15 is 0 Å². The predicted molar refractivity (Wildman–Crippen MR) is 124 cm³/mol. The first-order valence-electron chi connectivity index (χ1n) is 10.5. The third-order valence-corrected chi connectivity index (χ3v) is 5.54. The lowest BCUT2D eigenvalue weighted by atomic mass is 10.0. The number of benzene rings is 2. The fraction of sp³-hybridized carbons (Fsp3) is 0.154. The highest BCUT2D eigenvalue weighted by Crippen LogP contribution is 2.22. The van der Waals surface area contributed by atoms with Gasteiger partial charge in [-0.3, -0.25) is 9.59 Å². The van der Waals surface area contributed by atoms with Crippen LogP contribution in [0.25, 0.3) is 0 Å². The van der Waals surface area contributed by atoms with Crippen LogP contribution in [0, 0.1) is 0 Å². The average molecular weight is 463 g/mol. The summed E-state index contributed by atoms with van der Waals surface area (Å²) in [5, 5.41) is 3.33. The van der Waals surface area contributed by atoms with Crippen LogP contribution in [0.15, 0.2) is 100 Å². The zero-order chi connectivity index (χ0) is 23.0. The molecule has 1 atom stereocenters.